The van der Waals surface area contributed by atoms with Gasteiger partial charge in [-0.25, -0.2) is 8.42 Å². The molecule has 0 spiro atoms. The molecule has 5 heteroatoms. The van der Waals surface area contributed by atoms with Crippen LogP contribution in [0.1, 0.15) is 18.1 Å². The maximum atomic E-state index is 11.8. The maximum absolute atomic E-state index is 11.8. The number of aliphatic hydroxyl groups excluding tert-OH is 1. The maximum Gasteiger partial charge on any atom is 0.150 e. The highest BCUT2D eigenvalue weighted by atomic mass is 32.2. The minimum Gasteiger partial charge on any atom is -0.392 e. The molecule has 0 saturated carbocycles. The molecule has 1 unspecified atom stereocenters. The van der Waals surface area contributed by atoms with Crippen LogP contribution < -0.4 is 0 Å². The molecule has 0 fully saturated rings. The quantitative estimate of drug-likeness (QED) is 0.762. The van der Waals surface area contributed by atoms with Gasteiger partial charge in [0, 0.05) is 23.4 Å². The molecule has 1 aromatic heterocycles. The molecule has 0 radical (unpaired) electrons. The van der Waals surface area contributed by atoms with E-state index in [2.05, 4.69) is 4.98 Å². The van der Waals surface area contributed by atoms with Crippen LogP contribution in [0.25, 0.3) is 22.0 Å². The highest BCUT2D eigenvalue weighted by Crippen LogP contribution is 2.30. The molecule has 0 aliphatic heterocycles. The van der Waals surface area contributed by atoms with Crippen LogP contribution in [0.5, 0.6) is 0 Å². The number of pyridine rings is 1. The molecule has 1 N–H and O–H groups in total. The van der Waals surface area contributed by atoms with Crippen molar-refractivity contribution in [2.24, 2.45) is 0 Å². The molecule has 25 heavy (non-hydrogen) atoms. The summed E-state index contributed by atoms with van der Waals surface area (Å²) in [4.78, 5) is 4.50. The fraction of sp³-hybridized carbons (Fsp3) is 0.250. The predicted molar refractivity (Wildman–Crippen MR) is 101 cm³/mol. The van der Waals surface area contributed by atoms with E-state index >= 15 is 0 Å². The smallest absolute Gasteiger partial charge is 0.150 e. The van der Waals surface area contributed by atoms with Crippen LogP contribution in [0.15, 0.2) is 54.7 Å². The van der Waals surface area contributed by atoms with E-state index < -0.39 is 15.1 Å². The summed E-state index contributed by atoms with van der Waals surface area (Å²) in [5.74, 6) is 0. The van der Waals surface area contributed by atoms with Crippen molar-refractivity contribution < 1.29 is 13.5 Å². The van der Waals surface area contributed by atoms with Crippen LogP contribution in [0.3, 0.4) is 0 Å². The molecule has 0 saturated heterocycles. The van der Waals surface area contributed by atoms with E-state index in [1.54, 1.807) is 13.1 Å². The molecule has 3 aromatic rings. The summed E-state index contributed by atoms with van der Waals surface area (Å²) in [5.41, 5.74) is 4.57. The van der Waals surface area contributed by atoms with Gasteiger partial charge in [-0.15, -0.1) is 0 Å². The molecule has 1 heterocycles. The fourth-order valence-electron chi connectivity index (χ4n) is 2.91. The number of aromatic nitrogens is 1. The van der Waals surface area contributed by atoms with Gasteiger partial charge in [0.2, 0.25) is 0 Å². The molecule has 0 bridgehead atoms. The second-order valence-electron chi connectivity index (χ2n) is 6.42. The van der Waals surface area contributed by atoms with Gasteiger partial charge < -0.3 is 5.11 Å². The zero-order chi connectivity index (χ0) is 18.0. The zero-order valence-corrected chi connectivity index (χ0v) is 15.1. The number of rotatable bonds is 5. The molecule has 130 valence electrons. The first-order chi connectivity index (χ1) is 11.9. The monoisotopic (exact) mass is 355 g/mol. The Morgan fingerprint density at radius 1 is 1.08 bits per heavy atom. The lowest BCUT2D eigenvalue weighted by atomic mass is 9.96. The summed E-state index contributed by atoms with van der Waals surface area (Å²) < 4.78 is 23.6. The second kappa shape index (κ2) is 6.94. The molecule has 0 aliphatic carbocycles. The Morgan fingerprint density at radius 3 is 2.60 bits per heavy atom. The van der Waals surface area contributed by atoms with E-state index in [9.17, 15) is 13.5 Å². The Morgan fingerprint density at radius 2 is 1.88 bits per heavy atom. The number of benzene rings is 2. The average Bonchev–Trinajstić information content (AvgIpc) is 2.60. The number of hydrogen-bond donors (Lipinski definition) is 1. The van der Waals surface area contributed by atoms with Gasteiger partial charge in [-0.3, -0.25) is 4.98 Å². The van der Waals surface area contributed by atoms with Crippen molar-refractivity contribution >= 4 is 20.7 Å². The summed E-state index contributed by atoms with van der Waals surface area (Å²) in [5, 5.41) is 9.93. The van der Waals surface area contributed by atoms with Gasteiger partial charge in [0.15, 0.2) is 0 Å². The predicted octanol–water partition coefficient (Wildman–Crippen LogP) is 3.37. The topological polar surface area (TPSA) is 67.3 Å². The zero-order valence-electron chi connectivity index (χ0n) is 14.3. The lowest BCUT2D eigenvalue weighted by Gasteiger charge is -2.13. The minimum atomic E-state index is -3.09. The van der Waals surface area contributed by atoms with Crippen molar-refractivity contribution in [3.05, 3.63) is 65.9 Å². The number of aliphatic hydroxyl groups is 1. The van der Waals surface area contributed by atoms with Crippen LogP contribution in [0.4, 0.5) is 0 Å². The van der Waals surface area contributed by atoms with E-state index in [-0.39, 0.29) is 6.61 Å². The lowest BCUT2D eigenvalue weighted by molar-refractivity contribution is 0.282. The highest BCUT2D eigenvalue weighted by Gasteiger charge is 2.17. The van der Waals surface area contributed by atoms with Crippen LogP contribution in [-0.2, 0) is 22.9 Å². The molecular weight excluding hydrogens is 334 g/mol. The molecular formula is C20H21NO3S. The van der Waals surface area contributed by atoms with Gasteiger partial charge in [0.05, 0.1) is 17.4 Å². The fourth-order valence-corrected chi connectivity index (χ4v) is 3.41. The van der Waals surface area contributed by atoms with Gasteiger partial charge in [0.25, 0.3) is 0 Å². The molecule has 4 nitrogen and oxygen atoms in total. The Bertz CT molecular complexity index is 1010. The van der Waals surface area contributed by atoms with Gasteiger partial charge in [-0.1, -0.05) is 24.3 Å². The molecule has 1 atom stereocenters. The van der Waals surface area contributed by atoms with E-state index in [1.165, 1.54) is 6.26 Å². The molecule has 2 aromatic carbocycles. The van der Waals surface area contributed by atoms with Crippen LogP contribution in [-0.4, -0.2) is 30.0 Å². The van der Waals surface area contributed by atoms with Crippen LogP contribution in [0, 0.1) is 0 Å². The first kappa shape index (κ1) is 17.6. The summed E-state index contributed by atoms with van der Waals surface area (Å²) in [7, 11) is -3.09. The van der Waals surface area contributed by atoms with Crippen molar-refractivity contribution in [3.8, 4) is 11.1 Å². The third-order valence-corrected chi connectivity index (χ3v) is 6.07. The summed E-state index contributed by atoms with van der Waals surface area (Å²) in [6.45, 7) is 1.71. The van der Waals surface area contributed by atoms with E-state index in [0.29, 0.717) is 6.42 Å². The SMILES string of the molecule is CC(Cc1cc(-c2cccc(CO)c2)c2ncccc2c1)S(C)(=O)=O. The standard InChI is InChI=1S/C20H21NO3S/c1-14(25(2,23)24)9-16-11-18-7-4-8-21-20(18)19(12-16)17-6-3-5-15(10-17)13-22/h3-8,10-12,14,22H,9,13H2,1-2H3. The molecule has 0 amide bonds. The van der Waals surface area contributed by atoms with E-state index in [4.69, 9.17) is 0 Å². The second-order valence-corrected chi connectivity index (χ2v) is 8.89. The van der Waals surface area contributed by atoms with E-state index in [1.807, 2.05) is 48.5 Å². The van der Waals surface area contributed by atoms with E-state index in [0.717, 1.165) is 33.2 Å². The van der Waals surface area contributed by atoms with Gasteiger partial charge >= 0.3 is 0 Å². The average molecular weight is 355 g/mol. The third kappa shape index (κ3) is 3.89. The number of hydrogen-bond acceptors (Lipinski definition) is 4. The number of fused-ring (bicyclic) bond motifs is 1. The van der Waals surface area contributed by atoms with Crippen molar-refractivity contribution in [3.63, 3.8) is 0 Å². The Labute approximate surface area is 148 Å². The Kier molecular flexibility index (Phi) is 4.88. The largest absolute Gasteiger partial charge is 0.392 e. The molecule has 0 aliphatic rings. The Balaban J connectivity index is 2.16. The van der Waals surface area contributed by atoms with Crippen molar-refractivity contribution in [2.75, 3.05) is 6.26 Å². The van der Waals surface area contributed by atoms with Crippen molar-refractivity contribution in [1.82, 2.24) is 4.98 Å². The Hall–Kier alpha value is -2.24. The first-order valence-corrected chi connectivity index (χ1v) is 10.1. The number of sulfone groups is 1. The third-order valence-electron chi connectivity index (χ3n) is 4.44. The normalized spacial score (nSPS) is 13.1. The van der Waals surface area contributed by atoms with Crippen molar-refractivity contribution in [2.45, 2.75) is 25.2 Å². The summed E-state index contributed by atoms with van der Waals surface area (Å²) in [6.07, 6.45) is 3.47. The molecule has 3 rings (SSSR count). The summed E-state index contributed by atoms with van der Waals surface area (Å²) >= 11 is 0. The summed E-state index contributed by atoms with van der Waals surface area (Å²) in [6, 6.07) is 15.6. The lowest BCUT2D eigenvalue weighted by Crippen LogP contribution is -2.18. The van der Waals surface area contributed by atoms with Crippen molar-refractivity contribution in [1.29, 1.82) is 0 Å². The van der Waals surface area contributed by atoms with Gasteiger partial charge in [-0.05, 0) is 54.3 Å². The van der Waals surface area contributed by atoms with Crippen LogP contribution in [0.2, 0.25) is 0 Å². The van der Waals surface area contributed by atoms with Gasteiger partial charge in [0.1, 0.15) is 9.84 Å². The first-order valence-electron chi connectivity index (χ1n) is 8.15. The number of nitrogens with zero attached hydrogens (tertiary/aromatic N) is 1. The minimum absolute atomic E-state index is 0.0238. The van der Waals surface area contributed by atoms with Crippen LogP contribution >= 0.6 is 0 Å². The van der Waals surface area contributed by atoms with Gasteiger partial charge in [-0.2, -0.15) is 0 Å². The highest BCUT2D eigenvalue weighted by molar-refractivity contribution is 7.91.